The molecule has 0 spiro atoms. The normalized spacial score (nSPS) is 15.5. The van der Waals surface area contributed by atoms with E-state index >= 15 is 0 Å². The molecule has 0 bridgehead atoms. The van der Waals surface area contributed by atoms with E-state index in [-0.39, 0.29) is 70.6 Å². The van der Waals surface area contributed by atoms with Crippen molar-refractivity contribution in [3.63, 3.8) is 0 Å². The van der Waals surface area contributed by atoms with Crippen LogP contribution >= 0.6 is 77.4 Å². The fourth-order valence-corrected chi connectivity index (χ4v) is 9.16. The summed E-state index contributed by atoms with van der Waals surface area (Å²) in [6.07, 6.45) is 15.7. The first-order valence-corrected chi connectivity index (χ1v) is 26.7. The van der Waals surface area contributed by atoms with Gasteiger partial charge in [-0.1, -0.05) is 64.8 Å². The average Bonchev–Trinajstić information content (AvgIpc) is 3.12. The van der Waals surface area contributed by atoms with Crippen LogP contribution in [0.3, 0.4) is 0 Å². The molecular formula is C32H66N6O6S7Y. The minimum absolute atomic E-state index is 0. The number of hydrogen-bond acceptors (Lipinski definition) is 16. The molecular weight excluding hydrogens is 878 g/mol. The summed E-state index contributed by atoms with van der Waals surface area (Å²) < 4.78 is 5.19. The molecule has 20 heteroatoms. The van der Waals surface area contributed by atoms with Crippen LogP contribution in [0.4, 0.5) is 4.79 Å². The summed E-state index contributed by atoms with van der Waals surface area (Å²) in [6.45, 7) is 7.01. The van der Waals surface area contributed by atoms with Crippen molar-refractivity contribution in [2.75, 3.05) is 107 Å². The molecule has 2 unspecified atom stereocenters. The number of hydrogen-bond donors (Lipinski definition) is 7. The van der Waals surface area contributed by atoms with Gasteiger partial charge in [-0.15, -0.1) is 0 Å². The molecule has 12 nitrogen and oxygen atoms in total. The van der Waals surface area contributed by atoms with Crippen LogP contribution < -0.4 is 21.4 Å². The molecule has 305 valence electrons. The molecule has 0 saturated carbocycles. The van der Waals surface area contributed by atoms with Crippen LogP contribution in [0.5, 0.6) is 0 Å². The number of amides is 3. The third-order valence-corrected chi connectivity index (χ3v) is 13.7. The van der Waals surface area contributed by atoms with Crippen molar-refractivity contribution in [3.05, 3.63) is 0 Å². The van der Waals surface area contributed by atoms with Gasteiger partial charge in [0.05, 0.1) is 6.61 Å². The van der Waals surface area contributed by atoms with E-state index in [1.54, 1.807) is 21.6 Å². The summed E-state index contributed by atoms with van der Waals surface area (Å²) in [5, 5.41) is 25.5. The largest absolute Gasteiger partial charge is 0.449 e. The van der Waals surface area contributed by atoms with Crippen molar-refractivity contribution in [1.29, 1.82) is 0 Å². The molecule has 0 aromatic heterocycles. The number of hydroxylamine groups is 1. The second-order valence-electron chi connectivity index (χ2n) is 11.6. The Morgan fingerprint density at radius 1 is 0.731 bits per heavy atom. The van der Waals surface area contributed by atoms with Gasteiger partial charge in [-0.3, -0.25) is 9.59 Å². The number of aliphatic hydroxyl groups is 1. The van der Waals surface area contributed by atoms with E-state index in [9.17, 15) is 14.4 Å². The van der Waals surface area contributed by atoms with E-state index in [0.717, 1.165) is 69.4 Å². The number of carbonyl (C=O) groups is 3. The SMILES string of the molecule is CSSCCCCN(CCCCS)CCNO.CSSCCCCN(CCCCSSC)CCNC(=O)OCCC1NC(=O)C(CCO)NC1=O.[Y]. The van der Waals surface area contributed by atoms with Gasteiger partial charge in [0, 0.05) is 89.2 Å². The Balaban J connectivity index is 0. The number of piperazine rings is 1. The molecule has 2 atom stereocenters. The van der Waals surface area contributed by atoms with Crippen LogP contribution in [0.25, 0.3) is 0 Å². The molecule has 0 aliphatic carbocycles. The first-order valence-electron chi connectivity index (χ1n) is 17.9. The molecule has 0 aromatic carbocycles. The van der Waals surface area contributed by atoms with Crippen LogP contribution in [0.1, 0.15) is 64.2 Å². The molecule has 1 heterocycles. The standard InChI is InChI=1S/C21H40N4O5S4.C11H26N2OS3.Y/c1-31-33-15-5-3-10-25(11-4-6-16-34-32-2)12-9-22-21(29)30-14-8-18-20(28)23-17(7-13-26)19(27)24-18;1-16-17-11-5-3-8-13(9-6-12-14)7-2-4-10-15;/h17-18,26H,3-16H2,1-2H3,(H,22,29)(H,23,28)(H,24,27);12,14-15H,2-11H2,1H3;. The Morgan fingerprint density at radius 3 is 1.60 bits per heavy atom. The van der Waals surface area contributed by atoms with Gasteiger partial charge in [0.15, 0.2) is 0 Å². The third kappa shape index (κ3) is 33.7. The molecule has 3 amide bonds. The maximum atomic E-state index is 12.1. The quantitative estimate of drug-likeness (QED) is 0.0202. The molecule has 1 aliphatic heterocycles. The maximum absolute atomic E-state index is 12.1. The zero-order valence-electron chi connectivity index (χ0n) is 31.5. The number of nitrogens with one attached hydrogen (secondary N) is 4. The molecule has 1 aliphatic rings. The smallest absolute Gasteiger partial charge is 0.407 e. The van der Waals surface area contributed by atoms with Gasteiger partial charge < -0.3 is 40.8 Å². The summed E-state index contributed by atoms with van der Waals surface area (Å²) in [6, 6.07) is -1.45. The predicted octanol–water partition coefficient (Wildman–Crippen LogP) is 5.12. The van der Waals surface area contributed by atoms with Crippen LogP contribution in [0, 0.1) is 0 Å². The average molecular weight is 944 g/mol. The van der Waals surface area contributed by atoms with Crippen molar-refractivity contribution in [2.45, 2.75) is 76.3 Å². The molecule has 6 N–H and O–H groups in total. The van der Waals surface area contributed by atoms with Crippen molar-refractivity contribution < 1.29 is 62.1 Å². The first-order chi connectivity index (χ1) is 24.9. The van der Waals surface area contributed by atoms with Crippen LogP contribution in [-0.4, -0.2) is 157 Å². The fourth-order valence-electron chi connectivity index (χ4n) is 4.91. The van der Waals surface area contributed by atoms with Crippen molar-refractivity contribution in [3.8, 4) is 0 Å². The van der Waals surface area contributed by atoms with Gasteiger partial charge >= 0.3 is 6.09 Å². The van der Waals surface area contributed by atoms with Crippen molar-refractivity contribution in [1.82, 2.24) is 31.2 Å². The topological polar surface area (TPSA) is 156 Å². The van der Waals surface area contributed by atoms with E-state index < -0.39 is 18.2 Å². The number of rotatable bonds is 33. The summed E-state index contributed by atoms with van der Waals surface area (Å²) in [4.78, 5) is 40.9. The Bertz CT molecular complexity index is 843. The summed E-state index contributed by atoms with van der Waals surface area (Å²) in [5.41, 5.74) is 2.24. The second kappa shape index (κ2) is 42.2. The number of alkyl carbamates (subject to hydrolysis) is 1. The molecule has 1 saturated heterocycles. The Morgan fingerprint density at radius 2 is 1.17 bits per heavy atom. The van der Waals surface area contributed by atoms with E-state index in [1.807, 2.05) is 43.2 Å². The van der Waals surface area contributed by atoms with E-state index in [4.69, 9.17) is 15.1 Å². The van der Waals surface area contributed by atoms with Crippen LogP contribution in [-0.2, 0) is 47.0 Å². The molecule has 0 aromatic rings. The summed E-state index contributed by atoms with van der Waals surface area (Å²) in [7, 11) is 11.2. The first kappa shape index (κ1) is 55.7. The van der Waals surface area contributed by atoms with Gasteiger partial charge in [-0.2, -0.15) is 12.6 Å². The number of nitrogens with zero attached hydrogens (tertiary/aromatic N) is 2. The fraction of sp³-hybridized carbons (Fsp3) is 0.906. The van der Waals surface area contributed by atoms with Crippen LogP contribution in [0.15, 0.2) is 0 Å². The van der Waals surface area contributed by atoms with Gasteiger partial charge in [-0.05, 0) is 108 Å². The van der Waals surface area contributed by atoms with Gasteiger partial charge in [-0.25, -0.2) is 10.3 Å². The minimum atomic E-state index is -0.737. The summed E-state index contributed by atoms with van der Waals surface area (Å²) >= 11 is 4.23. The summed E-state index contributed by atoms with van der Waals surface area (Å²) in [5.74, 6) is 3.86. The Kier molecular flexibility index (Phi) is 45.1. The molecule has 52 heavy (non-hydrogen) atoms. The predicted molar refractivity (Wildman–Crippen MR) is 231 cm³/mol. The van der Waals surface area contributed by atoms with Gasteiger partial charge in [0.25, 0.3) is 0 Å². The number of thiol groups is 1. The van der Waals surface area contributed by atoms with E-state index in [1.165, 1.54) is 44.3 Å². The van der Waals surface area contributed by atoms with Crippen molar-refractivity contribution in [2.24, 2.45) is 0 Å². The molecule has 1 rings (SSSR count). The number of carbonyl (C=O) groups excluding carboxylic acids is 3. The second-order valence-corrected chi connectivity index (χ2v) is 20.1. The zero-order chi connectivity index (χ0) is 37.8. The number of aliphatic hydroxyl groups excluding tert-OH is 1. The van der Waals surface area contributed by atoms with Gasteiger partial charge in [0.2, 0.25) is 11.8 Å². The zero-order valence-corrected chi connectivity index (χ0v) is 40.2. The maximum Gasteiger partial charge on any atom is 0.407 e. The number of unbranched alkanes of at least 4 members (excludes halogenated alkanes) is 4. The van der Waals surface area contributed by atoms with E-state index in [0.29, 0.717) is 13.1 Å². The minimum Gasteiger partial charge on any atom is -0.449 e. The Labute approximate surface area is 368 Å². The Hall–Kier alpha value is 1.56. The number of ether oxygens (including phenoxy) is 1. The molecule has 1 radical (unpaired) electrons. The molecule has 1 fully saturated rings. The van der Waals surface area contributed by atoms with Crippen molar-refractivity contribution >= 4 is 95.3 Å². The van der Waals surface area contributed by atoms with E-state index in [2.05, 4.69) is 62.6 Å². The monoisotopic (exact) mass is 943 g/mol. The third-order valence-electron chi connectivity index (χ3n) is 7.65. The van der Waals surface area contributed by atoms with Gasteiger partial charge in [0.1, 0.15) is 12.1 Å². The van der Waals surface area contributed by atoms with Crippen LogP contribution in [0.2, 0.25) is 0 Å².